The van der Waals surface area contributed by atoms with Gasteiger partial charge in [0.25, 0.3) is 11.6 Å². The van der Waals surface area contributed by atoms with Crippen molar-refractivity contribution in [2.45, 2.75) is 6.92 Å². The van der Waals surface area contributed by atoms with Crippen molar-refractivity contribution in [1.82, 2.24) is 0 Å². The Morgan fingerprint density at radius 2 is 1.68 bits per heavy atom. The number of para-hydroxylation sites is 2. The van der Waals surface area contributed by atoms with Crippen molar-refractivity contribution in [2.75, 3.05) is 10.6 Å². The maximum Gasteiger partial charge on any atom is 0.291 e. The average Bonchev–Trinajstić information content (AvgIpc) is 3.57. The van der Waals surface area contributed by atoms with Gasteiger partial charge in [-0.3, -0.25) is 19.7 Å². The lowest BCUT2D eigenvalue weighted by molar-refractivity contribution is -0.384. The number of furan rings is 2. The molecule has 0 aliphatic carbocycles. The second kappa shape index (κ2) is 10.3. The van der Waals surface area contributed by atoms with Gasteiger partial charge in [0.1, 0.15) is 17.1 Å². The van der Waals surface area contributed by atoms with E-state index in [2.05, 4.69) is 10.6 Å². The molecule has 9 heteroatoms. The van der Waals surface area contributed by atoms with Gasteiger partial charge in [0.15, 0.2) is 5.76 Å². The third-order valence-electron chi connectivity index (χ3n) is 5.79. The van der Waals surface area contributed by atoms with Crippen molar-refractivity contribution < 1.29 is 23.3 Å². The van der Waals surface area contributed by atoms with Gasteiger partial charge in [-0.2, -0.15) is 0 Å². The molecule has 188 valence electrons. The van der Waals surface area contributed by atoms with E-state index in [-0.39, 0.29) is 11.4 Å². The number of carbonyl (C=O) groups excluding carboxylic acids is 2. The van der Waals surface area contributed by atoms with Crippen LogP contribution in [0.5, 0.6) is 0 Å². The molecule has 0 spiro atoms. The minimum atomic E-state index is -0.476. The fourth-order valence-corrected chi connectivity index (χ4v) is 3.88. The van der Waals surface area contributed by atoms with E-state index in [9.17, 15) is 19.7 Å². The van der Waals surface area contributed by atoms with Crippen LogP contribution in [0.4, 0.5) is 17.1 Å². The van der Waals surface area contributed by atoms with Crippen LogP contribution in [0.25, 0.3) is 28.4 Å². The van der Waals surface area contributed by atoms with Crippen molar-refractivity contribution in [3.63, 3.8) is 0 Å². The first-order valence-electron chi connectivity index (χ1n) is 11.6. The van der Waals surface area contributed by atoms with Crippen LogP contribution in [-0.4, -0.2) is 16.7 Å². The summed E-state index contributed by atoms with van der Waals surface area (Å²) < 4.78 is 11.3. The summed E-state index contributed by atoms with van der Waals surface area (Å²) in [4.78, 5) is 36.1. The van der Waals surface area contributed by atoms with E-state index in [4.69, 9.17) is 8.83 Å². The second-order valence-corrected chi connectivity index (χ2v) is 8.43. The molecule has 0 aliphatic heterocycles. The summed E-state index contributed by atoms with van der Waals surface area (Å²) in [6, 6.07) is 23.7. The minimum absolute atomic E-state index is 0.0714. The first-order chi connectivity index (χ1) is 18.4. The van der Waals surface area contributed by atoms with Crippen molar-refractivity contribution >= 4 is 45.9 Å². The predicted octanol–water partition coefficient (Wildman–Crippen LogP) is 6.81. The smallest absolute Gasteiger partial charge is 0.291 e. The number of benzene rings is 3. The number of carbonyl (C=O) groups is 2. The van der Waals surface area contributed by atoms with E-state index in [1.54, 1.807) is 60.7 Å². The molecule has 0 unspecified atom stereocenters. The van der Waals surface area contributed by atoms with Crippen LogP contribution in [0.2, 0.25) is 0 Å². The summed E-state index contributed by atoms with van der Waals surface area (Å²) in [5, 5.41) is 17.7. The highest BCUT2D eigenvalue weighted by Gasteiger charge is 2.17. The number of nitrogens with one attached hydrogen (secondary N) is 2. The van der Waals surface area contributed by atoms with Crippen molar-refractivity contribution in [1.29, 1.82) is 0 Å². The van der Waals surface area contributed by atoms with Crippen molar-refractivity contribution in [3.8, 4) is 11.3 Å². The Balaban J connectivity index is 1.26. The molecule has 0 saturated heterocycles. The number of nitro groups is 1. The second-order valence-electron chi connectivity index (χ2n) is 8.43. The lowest BCUT2D eigenvalue weighted by atomic mass is 10.1. The lowest BCUT2D eigenvalue weighted by Gasteiger charge is -2.10. The van der Waals surface area contributed by atoms with Gasteiger partial charge in [-0.15, -0.1) is 0 Å². The summed E-state index contributed by atoms with van der Waals surface area (Å²) in [7, 11) is 0. The monoisotopic (exact) mass is 507 g/mol. The molecule has 2 N–H and O–H groups in total. The third-order valence-corrected chi connectivity index (χ3v) is 5.79. The maximum absolute atomic E-state index is 12.7. The molecule has 0 atom stereocenters. The Hall–Kier alpha value is -5.44. The zero-order valence-electron chi connectivity index (χ0n) is 20.1. The molecule has 2 amide bonds. The van der Waals surface area contributed by atoms with Crippen molar-refractivity contribution in [2.24, 2.45) is 0 Å². The van der Waals surface area contributed by atoms with Gasteiger partial charge in [-0.25, -0.2) is 0 Å². The zero-order chi connectivity index (χ0) is 26.6. The molecule has 0 bridgehead atoms. The number of fused-ring (bicyclic) bond motifs is 1. The van der Waals surface area contributed by atoms with E-state index >= 15 is 0 Å². The minimum Gasteiger partial charge on any atom is -0.456 e. The summed E-state index contributed by atoms with van der Waals surface area (Å²) in [6.07, 6.45) is 2.76. The van der Waals surface area contributed by atoms with Crippen LogP contribution >= 0.6 is 0 Å². The van der Waals surface area contributed by atoms with Crippen LogP contribution in [0.3, 0.4) is 0 Å². The Morgan fingerprint density at radius 3 is 2.50 bits per heavy atom. The van der Waals surface area contributed by atoms with Crippen LogP contribution in [0, 0.1) is 17.0 Å². The number of amides is 2. The Morgan fingerprint density at radius 1 is 0.895 bits per heavy atom. The lowest BCUT2D eigenvalue weighted by Crippen LogP contribution is -2.13. The molecule has 2 aromatic heterocycles. The SMILES string of the molecule is Cc1ccc(NC(=O)c2cc3ccccc3o2)cc1NC(=O)C=Cc1ccc(-c2ccccc2[N+](=O)[O-])o1. The Kier molecular flexibility index (Phi) is 6.56. The third kappa shape index (κ3) is 5.21. The number of hydrogen-bond acceptors (Lipinski definition) is 6. The highest BCUT2D eigenvalue weighted by Crippen LogP contribution is 2.31. The molecule has 0 aliphatic rings. The summed E-state index contributed by atoms with van der Waals surface area (Å²) in [6.45, 7) is 1.83. The van der Waals surface area contributed by atoms with Gasteiger partial charge in [0.05, 0.1) is 10.5 Å². The molecular formula is C29H21N3O6. The van der Waals surface area contributed by atoms with Gasteiger partial charge in [-0.05, 0) is 61.0 Å². The standard InChI is InChI=1S/C29H21N3O6/c1-18-10-11-20(30-29(34)27-16-19-6-2-5-9-25(19)38-27)17-23(18)31-28(33)15-13-21-12-14-26(37-21)22-7-3-4-8-24(22)32(35)36/h2-17H,1H3,(H,30,34)(H,31,33). The quantitative estimate of drug-likeness (QED) is 0.141. The summed E-state index contributed by atoms with van der Waals surface area (Å²) >= 11 is 0. The number of hydrogen-bond donors (Lipinski definition) is 2. The molecule has 2 heterocycles. The number of aryl methyl sites for hydroxylation is 1. The predicted molar refractivity (Wildman–Crippen MR) is 144 cm³/mol. The van der Waals surface area contributed by atoms with E-state index in [0.29, 0.717) is 34.0 Å². The number of rotatable bonds is 7. The molecular weight excluding hydrogens is 486 g/mol. The molecule has 3 aromatic carbocycles. The van der Waals surface area contributed by atoms with E-state index in [1.165, 1.54) is 18.2 Å². The summed E-state index contributed by atoms with van der Waals surface area (Å²) in [5.74, 6) is 0.0314. The number of anilines is 2. The van der Waals surface area contributed by atoms with Crippen LogP contribution in [-0.2, 0) is 4.79 Å². The first-order valence-corrected chi connectivity index (χ1v) is 11.6. The van der Waals surface area contributed by atoms with Crippen LogP contribution in [0.1, 0.15) is 21.9 Å². The van der Waals surface area contributed by atoms with Gasteiger partial charge < -0.3 is 19.5 Å². The highest BCUT2D eigenvalue weighted by atomic mass is 16.6. The normalized spacial score (nSPS) is 11.1. The zero-order valence-corrected chi connectivity index (χ0v) is 20.1. The molecule has 9 nitrogen and oxygen atoms in total. The van der Waals surface area contributed by atoms with Crippen LogP contribution < -0.4 is 10.6 Å². The largest absolute Gasteiger partial charge is 0.456 e. The summed E-state index contributed by atoms with van der Waals surface area (Å²) in [5.41, 5.74) is 2.69. The average molecular weight is 508 g/mol. The van der Waals surface area contributed by atoms with E-state index < -0.39 is 16.7 Å². The van der Waals surface area contributed by atoms with Crippen LogP contribution in [0.15, 0.2) is 99.8 Å². The fraction of sp³-hybridized carbons (Fsp3) is 0.0345. The molecule has 5 rings (SSSR count). The van der Waals surface area contributed by atoms with E-state index in [1.807, 2.05) is 25.1 Å². The van der Waals surface area contributed by atoms with Gasteiger partial charge in [0, 0.05) is 28.9 Å². The molecule has 0 radical (unpaired) electrons. The Labute approximate surface area is 216 Å². The maximum atomic E-state index is 12.7. The first kappa shape index (κ1) is 24.3. The number of nitro benzene ring substituents is 1. The molecule has 0 saturated carbocycles. The molecule has 0 fully saturated rings. The Bertz CT molecular complexity index is 1680. The van der Waals surface area contributed by atoms with Gasteiger partial charge >= 0.3 is 0 Å². The highest BCUT2D eigenvalue weighted by molar-refractivity contribution is 6.06. The fourth-order valence-electron chi connectivity index (χ4n) is 3.88. The molecule has 5 aromatic rings. The van der Waals surface area contributed by atoms with Gasteiger partial charge in [0.2, 0.25) is 5.91 Å². The number of nitrogens with zero attached hydrogens (tertiary/aromatic N) is 1. The van der Waals surface area contributed by atoms with Crippen molar-refractivity contribution in [3.05, 3.63) is 118 Å². The van der Waals surface area contributed by atoms with E-state index in [0.717, 1.165) is 10.9 Å². The van der Waals surface area contributed by atoms with Gasteiger partial charge in [-0.1, -0.05) is 36.4 Å². The topological polar surface area (TPSA) is 128 Å². The molecule has 38 heavy (non-hydrogen) atoms.